The first-order chi connectivity index (χ1) is 12.2. The maximum absolute atomic E-state index is 12.3. The Morgan fingerprint density at radius 2 is 1.68 bits per heavy atom. The number of benzene rings is 2. The van der Waals surface area contributed by atoms with E-state index in [-0.39, 0.29) is 18.4 Å². The molecule has 2 N–H and O–H groups in total. The fraction of sp³-hybridized carbons (Fsp3) is 0.200. The van der Waals surface area contributed by atoms with E-state index in [1.807, 2.05) is 19.1 Å². The second-order valence-electron chi connectivity index (χ2n) is 5.04. The molecule has 0 saturated carbocycles. The zero-order valence-corrected chi connectivity index (χ0v) is 14.3. The van der Waals surface area contributed by atoms with Crippen LogP contribution >= 0.6 is 0 Å². The molecule has 0 aliphatic carbocycles. The van der Waals surface area contributed by atoms with E-state index in [1.165, 1.54) is 0 Å². The van der Waals surface area contributed by atoms with Crippen LogP contribution in [0.3, 0.4) is 0 Å². The number of para-hydroxylation sites is 1. The molecule has 5 heteroatoms. The molecular formula is C20H20N2O3. The molecule has 0 unspecified atom stereocenters. The zero-order valence-electron chi connectivity index (χ0n) is 14.3. The fourth-order valence-corrected chi connectivity index (χ4v) is 2.22. The lowest BCUT2D eigenvalue weighted by atomic mass is 10.1. The number of amides is 2. The molecule has 0 heterocycles. The van der Waals surface area contributed by atoms with E-state index < -0.39 is 0 Å². The lowest BCUT2D eigenvalue weighted by molar-refractivity contribution is 0.0949. The van der Waals surface area contributed by atoms with Gasteiger partial charge in [-0.15, -0.1) is 0 Å². The minimum atomic E-state index is -0.252. The van der Waals surface area contributed by atoms with Gasteiger partial charge in [0.2, 0.25) is 0 Å². The number of hydrogen-bond acceptors (Lipinski definition) is 3. The van der Waals surface area contributed by atoms with Crippen molar-refractivity contribution < 1.29 is 14.3 Å². The van der Waals surface area contributed by atoms with E-state index in [1.54, 1.807) is 43.4 Å². The Morgan fingerprint density at radius 3 is 2.40 bits per heavy atom. The molecule has 0 spiro atoms. The predicted molar refractivity (Wildman–Crippen MR) is 96.7 cm³/mol. The van der Waals surface area contributed by atoms with Crippen molar-refractivity contribution in [2.24, 2.45) is 0 Å². The van der Waals surface area contributed by atoms with E-state index in [0.29, 0.717) is 29.0 Å². The van der Waals surface area contributed by atoms with E-state index in [2.05, 4.69) is 22.5 Å². The molecule has 0 saturated heterocycles. The monoisotopic (exact) mass is 336 g/mol. The zero-order chi connectivity index (χ0) is 18.1. The highest BCUT2D eigenvalue weighted by atomic mass is 16.5. The molecule has 0 radical (unpaired) electrons. The van der Waals surface area contributed by atoms with E-state index in [0.717, 1.165) is 0 Å². The van der Waals surface area contributed by atoms with Gasteiger partial charge in [-0.1, -0.05) is 36.1 Å². The molecule has 25 heavy (non-hydrogen) atoms. The Hall–Kier alpha value is -3.26. The molecule has 128 valence electrons. The summed E-state index contributed by atoms with van der Waals surface area (Å²) in [4.78, 5) is 24.0. The Bertz CT molecular complexity index is 819. The van der Waals surface area contributed by atoms with Gasteiger partial charge in [0, 0.05) is 12.6 Å². The van der Waals surface area contributed by atoms with Crippen LogP contribution in [0, 0.1) is 11.8 Å². The first kappa shape index (κ1) is 18.1. The normalized spacial score (nSPS) is 9.52. The topological polar surface area (TPSA) is 67.4 Å². The third-order valence-electron chi connectivity index (χ3n) is 3.39. The maximum atomic E-state index is 12.3. The van der Waals surface area contributed by atoms with Crippen molar-refractivity contribution in [3.8, 4) is 17.6 Å². The molecule has 2 aromatic rings. The average Bonchev–Trinajstić information content (AvgIpc) is 2.65. The van der Waals surface area contributed by atoms with Crippen LogP contribution in [0.15, 0.2) is 48.5 Å². The van der Waals surface area contributed by atoms with Gasteiger partial charge in [0.25, 0.3) is 11.8 Å². The van der Waals surface area contributed by atoms with Gasteiger partial charge in [-0.25, -0.2) is 0 Å². The lowest BCUT2D eigenvalue weighted by Crippen LogP contribution is -2.24. The molecule has 2 aromatic carbocycles. The van der Waals surface area contributed by atoms with Gasteiger partial charge < -0.3 is 15.4 Å². The summed E-state index contributed by atoms with van der Waals surface area (Å²) in [5.74, 6) is 5.88. The maximum Gasteiger partial charge on any atom is 0.255 e. The van der Waals surface area contributed by atoms with Gasteiger partial charge >= 0.3 is 0 Å². The first-order valence-electron chi connectivity index (χ1n) is 7.97. The minimum absolute atomic E-state index is 0.168. The number of carbonyl (C=O) groups is 2. The molecule has 0 aliphatic heterocycles. The smallest absolute Gasteiger partial charge is 0.255 e. The number of rotatable bonds is 5. The van der Waals surface area contributed by atoms with Crippen molar-refractivity contribution in [3.05, 3.63) is 65.2 Å². The summed E-state index contributed by atoms with van der Waals surface area (Å²) in [6.07, 6.45) is 0. The number of nitrogens with one attached hydrogen (secondary N) is 2. The van der Waals surface area contributed by atoms with Crippen LogP contribution in [0.4, 0.5) is 0 Å². The molecule has 2 rings (SSSR count). The molecule has 0 bridgehead atoms. The molecule has 0 fully saturated rings. The van der Waals surface area contributed by atoms with Gasteiger partial charge in [0.05, 0.1) is 24.3 Å². The van der Waals surface area contributed by atoms with Crippen LogP contribution < -0.4 is 15.4 Å². The van der Waals surface area contributed by atoms with Crippen molar-refractivity contribution in [1.82, 2.24) is 10.6 Å². The van der Waals surface area contributed by atoms with Gasteiger partial charge in [-0.2, -0.15) is 0 Å². The van der Waals surface area contributed by atoms with Gasteiger partial charge in [-0.3, -0.25) is 9.59 Å². The highest BCUT2D eigenvalue weighted by molar-refractivity contribution is 5.97. The first-order valence-corrected chi connectivity index (χ1v) is 7.97. The summed E-state index contributed by atoms with van der Waals surface area (Å²) in [7, 11) is 1.57. The van der Waals surface area contributed by atoms with E-state index in [4.69, 9.17) is 4.74 Å². The summed E-state index contributed by atoms with van der Waals surface area (Å²) in [6.45, 7) is 2.52. The van der Waals surface area contributed by atoms with Crippen LogP contribution in [0.2, 0.25) is 0 Å². The van der Waals surface area contributed by atoms with Gasteiger partial charge in [-0.05, 0) is 31.2 Å². The standard InChI is InChI=1S/C20H20N2O3/c1-3-25-18-13-7-6-12-17(18)20(24)22-14-8-10-15-9-4-5-11-16(15)19(23)21-2/h4-7,9,11-13H,3,14H2,1-2H3,(H,21,23)(H,22,24). The van der Waals surface area contributed by atoms with E-state index in [9.17, 15) is 9.59 Å². The molecule has 2 amide bonds. The molecule has 5 nitrogen and oxygen atoms in total. The third kappa shape index (κ3) is 4.85. The molecule has 0 atom stereocenters. The Labute approximate surface area is 147 Å². The third-order valence-corrected chi connectivity index (χ3v) is 3.39. The van der Waals surface area contributed by atoms with Crippen LogP contribution in [0.25, 0.3) is 0 Å². The minimum Gasteiger partial charge on any atom is -0.493 e. The number of ether oxygens (including phenoxy) is 1. The van der Waals surface area contributed by atoms with Crippen molar-refractivity contribution in [2.75, 3.05) is 20.2 Å². The second kappa shape index (κ2) is 9.14. The summed E-state index contributed by atoms with van der Waals surface area (Å²) in [5.41, 5.74) is 1.59. The van der Waals surface area contributed by atoms with Crippen molar-refractivity contribution >= 4 is 11.8 Å². The van der Waals surface area contributed by atoms with Crippen LogP contribution in [-0.4, -0.2) is 32.0 Å². The SMILES string of the molecule is CCOc1ccccc1C(=O)NCC#Cc1ccccc1C(=O)NC. The summed E-state index contributed by atoms with van der Waals surface area (Å²) in [6, 6.07) is 14.1. The average molecular weight is 336 g/mol. The molecule has 0 aliphatic rings. The highest BCUT2D eigenvalue weighted by Crippen LogP contribution is 2.17. The number of hydrogen-bond donors (Lipinski definition) is 2. The van der Waals surface area contributed by atoms with Crippen molar-refractivity contribution in [1.29, 1.82) is 0 Å². The van der Waals surface area contributed by atoms with Crippen molar-refractivity contribution in [2.45, 2.75) is 6.92 Å². The van der Waals surface area contributed by atoms with Crippen LogP contribution in [0.1, 0.15) is 33.2 Å². The Kier molecular flexibility index (Phi) is 6.61. The Balaban J connectivity index is 2.04. The second-order valence-corrected chi connectivity index (χ2v) is 5.04. The molecular weight excluding hydrogens is 316 g/mol. The lowest BCUT2D eigenvalue weighted by Gasteiger charge is -2.08. The predicted octanol–water partition coefficient (Wildman–Crippen LogP) is 2.23. The van der Waals surface area contributed by atoms with Crippen LogP contribution in [0.5, 0.6) is 5.75 Å². The van der Waals surface area contributed by atoms with Gasteiger partial charge in [0.15, 0.2) is 0 Å². The molecule has 0 aromatic heterocycles. The number of carbonyl (C=O) groups excluding carboxylic acids is 2. The largest absolute Gasteiger partial charge is 0.493 e. The van der Waals surface area contributed by atoms with Crippen LogP contribution in [-0.2, 0) is 0 Å². The summed E-state index contributed by atoms with van der Waals surface area (Å²) >= 11 is 0. The fourth-order valence-electron chi connectivity index (χ4n) is 2.22. The van der Waals surface area contributed by atoms with E-state index >= 15 is 0 Å². The Morgan fingerprint density at radius 1 is 1.00 bits per heavy atom. The van der Waals surface area contributed by atoms with Gasteiger partial charge in [0.1, 0.15) is 5.75 Å². The quantitative estimate of drug-likeness (QED) is 0.823. The highest BCUT2D eigenvalue weighted by Gasteiger charge is 2.10. The summed E-state index contributed by atoms with van der Waals surface area (Å²) < 4.78 is 5.45. The summed E-state index contributed by atoms with van der Waals surface area (Å²) in [5, 5.41) is 5.32. The van der Waals surface area contributed by atoms with Crippen molar-refractivity contribution in [3.63, 3.8) is 0 Å².